The second-order valence-electron chi connectivity index (χ2n) is 5.64. The summed E-state index contributed by atoms with van der Waals surface area (Å²) in [5.41, 5.74) is 0.133. The second kappa shape index (κ2) is 6.35. The molecule has 0 saturated heterocycles. The topological polar surface area (TPSA) is 53.1 Å². The van der Waals surface area contributed by atoms with Crippen molar-refractivity contribution >= 4 is 11.8 Å². The van der Waals surface area contributed by atoms with Crippen molar-refractivity contribution in [1.82, 2.24) is 14.9 Å². The molecule has 1 aliphatic rings. The lowest BCUT2D eigenvalue weighted by Gasteiger charge is -2.47. The van der Waals surface area contributed by atoms with Crippen molar-refractivity contribution in [3.63, 3.8) is 0 Å². The van der Waals surface area contributed by atoms with Crippen molar-refractivity contribution in [2.24, 2.45) is 0 Å². The largest absolute Gasteiger partial charge is 0.366 e. The van der Waals surface area contributed by atoms with Crippen LogP contribution in [0, 0.1) is 5.82 Å². The molecule has 1 aromatic heterocycles. The lowest BCUT2D eigenvalue weighted by atomic mass is 9.75. The first kappa shape index (κ1) is 15.0. The monoisotopic (exact) mass is 281 g/mol. The van der Waals surface area contributed by atoms with E-state index in [4.69, 9.17) is 0 Å². The molecule has 112 valence electrons. The fourth-order valence-corrected chi connectivity index (χ4v) is 2.43. The van der Waals surface area contributed by atoms with E-state index < -0.39 is 5.82 Å². The molecule has 1 fully saturated rings. The highest BCUT2D eigenvalue weighted by molar-refractivity contribution is 5.41. The first-order valence-electron chi connectivity index (χ1n) is 7.25. The summed E-state index contributed by atoms with van der Waals surface area (Å²) in [4.78, 5) is 10.4. The van der Waals surface area contributed by atoms with E-state index in [1.807, 2.05) is 0 Å². The van der Waals surface area contributed by atoms with Gasteiger partial charge >= 0.3 is 0 Å². The van der Waals surface area contributed by atoms with Crippen molar-refractivity contribution in [3.05, 3.63) is 12.0 Å². The van der Waals surface area contributed by atoms with Gasteiger partial charge in [0, 0.05) is 18.6 Å². The van der Waals surface area contributed by atoms with Gasteiger partial charge in [-0.1, -0.05) is 6.92 Å². The first-order chi connectivity index (χ1) is 9.57. The second-order valence-corrected chi connectivity index (χ2v) is 5.64. The molecule has 0 aromatic carbocycles. The molecule has 0 aliphatic heterocycles. The normalized spacial score (nSPS) is 16.9. The van der Waals surface area contributed by atoms with Gasteiger partial charge in [0.25, 0.3) is 0 Å². The summed E-state index contributed by atoms with van der Waals surface area (Å²) >= 11 is 0. The Labute approximate surface area is 120 Å². The maximum absolute atomic E-state index is 13.8. The Morgan fingerprint density at radius 2 is 2.10 bits per heavy atom. The lowest BCUT2D eigenvalue weighted by molar-refractivity contribution is 0.0737. The van der Waals surface area contributed by atoms with E-state index in [1.54, 1.807) is 0 Å². The van der Waals surface area contributed by atoms with Gasteiger partial charge in [-0.15, -0.1) is 0 Å². The fraction of sp³-hybridized carbons (Fsp3) is 0.714. The number of nitrogens with zero attached hydrogens (tertiary/aromatic N) is 3. The Balaban J connectivity index is 2.01. The van der Waals surface area contributed by atoms with Crippen LogP contribution >= 0.6 is 0 Å². The summed E-state index contributed by atoms with van der Waals surface area (Å²) in [5.74, 6) is 0.357. The minimum Gasteiger partial charge on any atom is -0.366 e. The van der Waals surface area contributed by atoms with Crippen LogP contribution in [0.4, 0.5) is 16.2 Å². The molecule has 0 unspecified atom stereocenters. The predicted octanol–water partition coefficient (Wildman–Crippen LogP) is 2.33. The van der Waals surface area contributed by atoms with E-state index in [1.165, 1.54) is 12.6 Å². The third kappa shape index (κ3) is 3.17. The highest BCUT2D eigenvalue weighted by Crippen LogP contribution is 2.36. The van der Waals surface area contributed by atoms with Crippen molar-refractivity contribution in [2.45, 2.75) is 38.1 Å². The predicted molar refractivity (Wildman–Crippen MR) is 79.5 cm³/mol. The molecule has 20 heavy (non-hydrogen) atoms. The van der Waals surface area contributed by atoms with E-state index >= 15 is 0 Å². The van der Waals surface area contributed by atoms with E-state index in [0.717, 1.165) is 25.8 Å². The Bertz CT molecular complexity index is 445. The maximum atomic E-state index is 13.8. The quantitative estimate of drug-likeness (QED) is 0.803. The van der Waals surface area contributed by atoms with Crippen LogP contribution in [-0.4, -0.2) is 47.6 Å². The number of hydrogen-bond donors (Lipinski definition) is 2. The average molecular weight is 281 g/mol. The van der Waals surface area contributed by atoms with Crippen molar-refractivity contribution in [2.75, 3.05) is 37.8 Å². The molecule has 5 nitrogen and oxygen atoms in total. The summed E-state index contributed by atoms with van der Waals surface area (Å²) in [6, 6.07) is 0. The molecule has 2 rings (SSSR count). The van der Waals surface area contributed by atoms with Gasteiger partial charge in [0.15, 0.2) is 11.6 Å². The number of rotatable bonds is 7. The van der Waals surface area contributed by atoms with Crippen LogP contribution in [0.15, 0.2) is 6.20 Å². The van der Waals surface area contributed by atoms with Crippen LogP contribution < -0.4 is 10.6 Å². The molecule has 1 heterocycles. The average Bonchev–Trinajstić information content (AvgIpc) is 2.37. The molecule has 1 aliphatic carbocycles. The van der Waals surface area contributed by atoms with Gasteiger partial charge in [-0.05, 0) is 39.8 Å². The zero-order chi connectivity index (χ0) is 14.6. The third-order valence-corrected chi connectivity index (χ3v) is 4.10. The minimum absolute atomic E-state index is 0.133. The Hall–Kier alpha value is -1.43. The van der Waals surface area contributed by atoms with E-state index in [2.05, 4.69) is 46.5 Å². The number of halogens is 1. The molecule has 0 spiro atoms. The fourth-order valence-electron chi connectivity index (χ4n) is 2.43. The molecule has 0 bridgehead atoms. The molecule has 2 N–H and O–H groups in total. The van der Waals surface area contributed by atoms with Gasteiger partial charge in [0.1, 0.15) is 0 Å². The molecular formula is C14H24FN5. The summed E-state index contributed by atoms with van der Waals surface area (Å²) in [7, 11) is 4.15. The molecule has 6 heteroatoms. The Morgan fingerprint density at radius 1 is 1.35 bits per heavy atom. The molecule has 1 aromatic rings. The zero-order valence-electron chi connectivity index (χ0n) is 12.5. The van der Waals surface area contributed by atoms with Gasteiger partial charge in [-0.3, -0.25) is 0 Å². The van der Waals surface area contributed by atoms with Crippen LogP contribution in [0.5, 0.6) is 0 Å². The number of anilines is 2. The highest BCUT2D eigenvalue weighted by atomic mass is 19.1. The molecular weight excluding hydrogens is 257 g/mol. The van der Waals surface area contributed by atoms with Crippen molar-refractivity contribution in [1.29, 1.82) is 0 Å². The van der Waals surface area contributed by atoms with Crippen LogP contribution in [0.3, 0.4) is 0 Å². The smallest absolute Gasteiger partial charge is 0.224 e. The van der Waals surface area contributed by atoms with E-state index in [9.17, 15) is 4.39 Å². The van der Waals surface area contributed by atoms with Gasteiger partial charge < -0.3 is 15.5 Å². The summed E-state index contributed by atoms with van der Waals surface area (Å²) < 4.78 is 13.8. The van der Waals surface area contributed by atoms with Crippen LogP contribution in [-0.2, 0) is 0 Å². The van der Waals surface area contributed by atoms with Crippen LogP contribution in [0.25, 0.3) is 0 Å². The lowest BCUT2D eigenvalue weighted by Crippen LogP contribution is -2.54. The van der Waals surface area contributed by atoms with Crippen LogP contribution in [0.2, 0.25) is 0 Å². The number of likely N-dealkylation sites (N-methyl/N-ethyl adjacent to an activating group) is 1. The van der Waals surface area contributed by atoms with E-state index in [0.29, 0.717) is 12.5 Å². The van der Waals surface area contributed by atoms with Gasteiger partial charge in [-0.25, -0.2) is 9.37 Å². The minimum atomic E-state index is -0.403. The SMILES string of the molecule is CCCNc1ncc(F)c(NCC2(N(C)C)CCC2)n1. The van der Waals surface area contributed by atoms with Crippen LogP contribution in [0.1, 0.15) is 32.6 Å². The van der Waals surface area contributed by atoms with Gasteiger partial charge in [0.2, 0.25) is 5.95 Å². The third-order valence-electron chi connectivity index (χ3n) is 4.10. The number of hydrogen-bond acceptors (Lipinski definition) is 5. The zero-order valence-corrected chi connectivity index (χ0v) is 12.5. The summed E-state index contributed by atoms with van der Waals surface area (Å²) in [6.07, 6.45) is 5.71. The van der Waals surface area contributed by atoms with Gasteiger partial charge in [-0.2, -0.15) is 4.98 Å². The van der Waals surface area contributed by atoms with Crippen molar-refractivity contribution in [3.8, 4) is 0 Å². The number of nitrogens with one attached hydrogen (secondary N) is 2. The van der Waals surface area contributed by atoms with E-state index in [-0.39, 0.29) is 11.4 Å². The summed E-state index contributed by atoms with van der Waals surface area (Å²) in [6.45, 7) is 3.56. The Kier molecular flexibility index (Phi) is 4.75. The molecule has 1 saturated carbocycles. The molecule has 0 radical (unpaired) electrons. The maximum Gasteiger partial charge on any atom is 0.224 e. The van der Waals surface area contributed by atoms with Gasteiger partial charge in [0.05, 0.1) is 6.20 Å². The molecule has 0 amide bonds. The van der Waals surface area contributed by atoms with Crippen molar-refractivity contribution < 1.29 is 4.39 Å². The first-order valence-corrected chi connectivity index (χ1v) is 7.25. The Morgan fingerprint density at radius 3 is 2.65 bits per heavy atom. The molecule has 0 atom stereocenters. The number of aromatic nitrogens is 2. The highest BCUT2D eigenvalue weighted by Gasteiger charge is 2.38. The summed E-state index contributed by atoms with van der Waals surface area (Å²) in [5, 5.41) is 6.22. The standard InChI is InChI=1S/C14H24FN5/c1-4-8-16-13-17-9-11(15)12(19-13)18-10-14(20(2)3)6-5-7-14/h9H,4-8,10H2,1-3H3,(H2,16,17,18,19).